The molecule has 0 spiro atoms. The maximum atomic E-state index is 5.63. The van der Waals surface area contributed by atoms with E-state index in [1.54, 1.807) is 11.7 Å². The standard InChI is InChI=1S/C6H12ClN5/c1-5(3-7)4-8-6-9-10-11-12(6)2/h5H,3-4H2,1-2H3,(H,8,9,11). The molecule has 12 heavy (non-hydrogen) atoms. The lowest BCUT2D eigenvalue weighted by Crippen LogP contribution is -2.15. The fourth-order valence-electron chi connectivity index (χ4n) is 0.699. The predicted molar refractivity (Wildman–Crippen MR) is 47.2 cm³/mol. The summed E-state index contributed by atoms with van der Waals surface area (Å²) in [5.74, 6) is 1.73. The van der Waals surface area contributed by atoms with Gasteiger partial charge in [0.25, 0.3) is 0 Å². The summed E-state index contributed by atoms with van der Waals surface area (Å²) in [6.45, 7) is 2.85. The van der Waals surface area contributed by atoms with Gasteiger partial charge < -0.3 is 5.32 Å². The molecular formula is C6H12ClN5. The number of hydrogen-bond acceptors (Lipinski definition) is 4. The van der Waals surface area contributed by atoms with Crippen LogP contribution in [0.4, 0.5) is 5.95 Å². The SMILES string of the molecule is CC(CCl)CNc1nnnn1C. The molecule has 1 rings (SSSR count). The first-order valence-corrected chi connectivity index (χ1v) is 4.29. The van der Waals surface area contributed by atoms with Gasteiger partial charge in [0.1, 0.15) is 0 Å². The van der Waals surface area contributed by atoms with Crippen LogP contribution in [0.25, 0.3) is 0 Å². The summed E-state index contributed by atoms with van der Waals surface area (Å²) in [5.41, 5.74) is 0. The summed E-state index contributed by atoms with van der Waals surface area (Å²) in [6.07, 6.45) is 0. The molecule has 0 aromatic carbocycles. The first-order chi connectivity index (χ1) is 5.74. The molecule has 0 fully saturated rings. The lowest BCUT2D eigenvalue weighted by Gasteiger charge is -2.07. The van der Waals surface area contributed by atoms with E-state index in [0.717, 1.165) is 6.54 Å². The van der Waals surface area contributed by atoms with Crippen LogP contribution in [-0.4, -0.2) is 32.6 Å². The zero-order valence-corrected chi connectivity index (χ0v) is 7.91. The third-order valence-electron chi connectivity index (χ3n) is 1.49. The van der Waals surface area contributed by atoms with E-state index in [2.05, 4.69) is 27.8 Å². The maximum absolute atomic E-state index is 5.63. The summed E-state index contributed by atoms with van der Waals surface area (Å²) >= 11 is 5.63. The van der Waals surface area contributed by atoms with Crippen molar-refractivity contribution in [3.63, 3.8) is 0 Å². The molecule has 1 atom stereocenters. The molecule has 0 radical (unpaired) electrons. The van der Waals surface area contributed by atoms with Crippen molar-refractivity contribution in [2.45, 2.75) is 6.92 Å². The average molecular weight is 190 g/mol. The molecule has 0 bridgehead atoms. The lowest BCUT2D eigenvalue weighted by atomic mass is 10.2. The van der Waals surface area contributed by atoms with Gasteiger partial charge in [0.2, 0.25) is 5.95 Å². The Hall–Kier alpha value is -0.840. The molecule has 68 valence electrons. The van der Waals surface area contributed by atoms with E-state index in [1.807, 2.05) is 0 Å². The van der Waals surface area contributed by atoms with E-state index in [-0.39, 0.29) is 0 Å². The molecule has 5 nitrogen and oxygen atoms in total. The van der Waals surface area contributed by atoms with Gasteiger partial charge in [-0.1, -0.05) is 12.0 Å². The zero-order valence-electron chi connectivity index (χ0n) is 7.16. The van der Waals surface area contributed by atoms with Crippen LogP contribution in [-0.2, 0) is 7.05 Å². The molecule has 1 heterocycles. The second kappa shape index (κ2) is 4.25. The zero-order chi connectivity index (χ0) is 8.97. The van der Waals surface area contributed by atoms with Crippen molar-refractivity contribution in [2.24, 2.45) is 13.0 Å². The quantitative estimate of drug-likeness (QED) is 0.701. The van der Waals surface area contributed by atoms with Gasteiger partial charge in [-0.3, -0.25) is 0 Å². The van der Waals surface area contributed by atoms with E-state index in [9.17, 15) is 0 Å². The summed E-state index contributed by atoms with van der Waals surface area (Å²) in [4.78, 5) is 0. The Labute approximate surface area is 76.1 Å². The van der Waals surface area contributed by atoms with Gasteiger partial charge in [-0.05, 0) is 16.3 Å². The Balaban J connectivity index is 2.38. The van der Waals surface area contributed by atoms with E-state index < -0.39 is 0 Å². The highest BCUT2D eigenvalue weighted by Gasteiger charge is 2.03. The first-order valence-electron chi connectivity index (χ1n) is 3.76. The summed E-state index contributed by atoms with van der Waals surface area (Å²) in [7, 11) is 1.79. The van der Waals surface area contributed by atoms with Crippen molar-refractivity contribution in [3.8, 4) is 0 Å². The van der Waals surface area contributed by atoms with Crippen LogP contribution in [0.1, 0.15) is 6.92 Å². The number of hydrogen-bond donors (Lipinski definition) is 1. The number of rotatable bonds is 4. The van der Waals surface area contributed by atoms with Gasteiger partial charge in [-0.2, -0.15) is 0 Å². The van der Waals surface area contributed by atoms with Gasteiger partial charge in [-0.25, -0.2) is 4.68 Å². The van der Waals surface area contributed by atoms with Crippen LogP contribution in [0.15, 0.2) is 0 Å². The molecule has 0 aliphatic rings. The number of aryl methyl sites for hydroxylation is 1. The Morgan fingerprint density at radius 2 is 2.42 bits per heavy atom. The average Bonchev–Trinajstić information content (AvgIpc) is 2.47. The number of halogens is 1. The van der Waals surface area contributed by atoms with Gasteiger partial charge >= 0.3 is 0 Å². The highest BCUT2D eigenvalue weighted by molar-refractivity contribution is 6.18. The fraction of sp³-hybridized carbons (Fsp3) is 0.833. The number of nitrogens with zero attached hydrogens (tertiary/aromatic N) is 4. The van der Waals surface area contributed by atoms with Crippen molar-refractivity contribution < 1.29 is 0 Å². The Bertz CT molecular complexity index is 236. The number of tetrazole rings is 1. The van der Waals surface area contributed by atoms with E-state index in [1.165, 1.54) is 0 Å². The first kappa shape index (κ1) is 9.25. The normalized spacial score (nSPS) is 12.9. The Kier molecular flexibility index (Phi) is 3.28. The summed E-state index contributed by atoms with van der Waals surface area (Å²) in [6, 6.07) is 0. The number of nitrogens with one attached hydrogen (secondary N) is 1. The fourth-order valence-corrected chi connectivity index (χ4v) is 0.808. The topological polar surface area (TPSA) is 55.6 Å². The number of anilines is 1. The van der Waals surface area contributed by atoms with E-state index >= 15 is 0 Å². The third kappa shape index (κ3) is 2.34. The van der Waals surface area contributed by atoms with Gasteiger partial charge in [0, 0.05) is 19.5 Å². The minimum atomic E-state index is 0.420. The Morgan fingerprint density at radius 1 is 1.67 bits per heavy atom. The smallest absolute Gasteiger partial charge is 0.242 e. The summed E-state index contributed by atoms with van der Waals surface area (Å²) < 4.78 is 1.58. The Morgan fingerprint density at radius 3 is 2.92 bits per heavy atom. The molecule has 1 aromatic rings. The van der Waals surface area contributed by atoms with Gasteiger partial charge in [0.05, 0.1) is 0 Å². The minimum Gasteiger partial charge on any atom is -0.353 e. The highest BCUT2D eigenvalue weighted by atomic mass is 35.5. The molecule has 1 aromatic heterocycles. The minimum absolute atomic E-state index is 0.420. The molecule has 0 amide bonds. The van der Waals surface area contributed by atoms with Crippen LogP contribution in [0.2, 0.25) is 0 Å². The second-order valence-corrected chi connectivity index (χ2v) is 3.08. The van der Waals surface area contributed by atoms with Crippen LogP contribution < -0.4 is 5.32 Å². The van der Waals surface area contributed by atoms with Crippen molar-refractivity contribution in [2.75, 3.05) is 17.7 Å². The van der Waals surface area contributed by atoms with Crippen LogP contribution >= 0.6 is 11.6 Å². The molecule has 6 heteroatoms. The third-order valence-corrected chi connectivity index (χ3v) is 2.02. The molecule has 0 aliphatic carbocycles. The number of aromatic nitrogens is 4. The van der Waals surface area contributed by atoms with Crippen molar-refractivity contribution in [3.05, 3.63) is 0 Å². The molecule has 0 saturated carbocycles. The predicted octanol–water partition coefficient (Wildman–Crippen LogP) is 0.497. The van der Waals surface area contributed by atoms with E-state index in [4.69, 9.17) is 11.6 Å². The summed E-state index contributed by atoms with van der Waals surface area (Å²) in [5, 5.41) is 14.0. The monoisotopic (exact) mass is 189 g/mol. The lowest BCUT2D eigenvalue weighted by molar-refractivity contribution is 0.675. The largest absolute Gasteiger partial charge is 0.353 e. The second-order valence-electron chi connectivity index (χ2n) is 2.77. The van der Waals surface area contributed by atoms with Crippen LogP contribution in [0.3, 0.4) is 0 Å². The maximum Gasteiger partial charge on any atom is 0.242 e. The van der Waals surface area contributed by atoms with Crippen LogP contribution in [0, 0.1) is 5.92 Å². The van der Waals surface area contributed by atoms with E-state index in [0.29, 0.717) is 17.7 Å². The van der Waals surface area contributed by atoms with Gasteiger partial charge in [0.15, 0.2) is 0 Å². The highest BCUT2D eigenvalue weighted by Crippen LogP contribution is 2.01. The molecule has 1 N–H and O–H groups in total. The number of alkyl halides is 1. The van der Waals surface area contributed by atoms with Crippen molar-refractivity contribution in [1.82, 2.24) is 20.2 Å². The van der Waals surface area contributed by atoms with Crippen molar-refractivity contribution >= 4 is 17.5 Å². The molecule has 0 saturated heterocycles. The molecule has 0 aliphatic heterocycles. The van der Waals surface area contributed by atoms with Crippen molar-refractivity contribution in [1.29, 1.82) is 0 Å². The van der Waals surface area contributed by atoms with Gasteiger partial charge in [-0.15, -0.1) is 11.6 Å². The molecular weight excluding hydrogens is 178 g/mol. The van der Waals surface area contributed by atoms with Crippen LogP contribution in [0.5, 0.6) is 0 Å². The molecule has 1 unspecified atom stereocenters.